The predicted octanol–water partition coefficient (Wildman–Crippen LogP) is -2.60. The largest absolute Gasteiger partial charge is 1.00 e. The summed E-state index contributed by atoms with van der Waals surface area (Å²) >= 11 is 0. The van der Waals surface area contributed by atoms with Gasteiger partial charge in [0.15, 0.2) is 0 Å². The van der Waals surface area contributed by atoms with Crippen molar-refractivity contribution in [2.45, 2.75) is 0 Å². The third-order valence-electron chi connectivity index (χ3n) is 0.492. The second-order valence-corrected chi connectivity index (χ2v) is 0.986. The summed E-state index contributed by atoms with van der Waals surface area (Å²) < 4.78 is 9.31. The smallest absolute Gasteiger partial charge is 1.00 e. The molecule has 3 heteroatoms. The molecule has 0 heterocycles. The number of hydrogen-bond donors (Lipinski definition) is 0. The molecule has 0 aliphatic carbocycles. The molecule has 40 valence electrons. The molecule has 0 fully saturated rings. The van der Waals surface area contributed by atoms with Crippen molar-refractivity contribution in [1.29, 1.82) is 0 Å². The molecule has 0 N–H and O–H groups in total. The van der Waals surface area contributed by atoms with Crippen LogP contribution in [0.3, 0.4) is 0 Å². The molecule has 0 unspecified atom stereocenters. The van der Waals surface area contributed by atoms with E-state index in [-0.39, 0.29) is 31.0 Å². The summed E-state index contributed by atoms with van der Waals surface area (Å²) in [5, 5.41) is 0. The molecule has 0 bridgehead atoms. The first-order valence-corrected chi connectivity index (χ1v) is 1.89. The Kier molecular flexibility index (Phi) is 15.5. The van der Waals surface area contributed by atoms with E-state index in [1.54, 1.807) is 14.2 Å². The van der Waals surface area contributed by atoms with Crippen LogP contribution in [0.15, 0.2) is 0 Å². The number of ether oxygens (including phenoxy) is 2. The van der Waals surface area contributed by atoms with Gasteiger partial charge in [0.2, 0.25) is 0 Å². The zero-order chi connectivity index (χ0) is 4.83. The van der Waals surface area contributed by atoms with Crippen LogP contribution in [0.1, 0.15) is 1.43 Å². The number of rotatable bonds is 3. The molecule has 0 aromatic heterocycles. The van der Waals surface area contributed by atoms with Gasteiger partial charge < -0.3 is 10.9 Å². The first-order chi connectivity index (χ1) is 2.91. The van der Waals surface area contributed by atoms with Crippen LogP contribution in [-0.2, 0) is 9.47 Å². The third-order valence-corrected chi connectivity index (χ3v) is 0.492. The maximum atomic E-state index is 4.66. The molecule has 0 aromatic rings. The van der Waals surface area contributed by atoms with E-state index in [1.807, 2.05) is 0 Å². The molecule has 2 nitrogen and oxygen atoms in total. The van der Waals surface area contributed by atoms with Gasteiger partial charge >= 0.3 is 29.6 Å². The topological polar surface area (TPSA) is 18.5 Å². The molecule has 0 spiro atoms. The first-order valence-electron chi connectivity index (χ1n) is 1.89. The number of methoxy groups -OCH3 is 2. The van der Waals surface area contributed by atoms with Gasteiger partial charge in [0.25, 0.3) is 0 Å². The molecule has 0 aromatic carbocycles. The van der Waals surface area contributed by atoms with Gasteiger partial charge in [-0.25, -0.2) is 0 Å². The maximum absolute atomic E-state index is 4.66. The van der Waals surface area contributed by atoms with E-state index in [0.717, 1.165) is 0 Å². The van der Waals surface area contributed by atoms with E-state index < -0.39 is 0 Å². The summed E-state index contributed by atoms with van der Waals surface area (Å²) in [4.78, 5) is 0. The minimum Gasteiger partial charge on any atom is -1.00 e. The second-order valence-electron chi connectivity index (χ2n) is 0.986. The minimum absolute atomic E-state index is 0. The van der Waals surface area contributed by atoms with Crippen LogP contribution >= 0.6 is 0 Å². The Morgan fingerprint density at radius 2 is 1.43 bits per heavy atom. The van der Waals surface area contributed by atoms with Gasteiger partial charge in [-0.2, -0.15) is 0 Å². The SMILES string of the molecule is COCCOC.[H-].[Na+]. The Hall–Kier alpha value is 0.920. The molecule has 0 atom stereocenters. The average molecular weight is 114 g/mol. The monoisotopic (exact) mass is 114 g/mol. The van der Waals surface area contributed by atoms with Crippen molar-refractivity contribution in [1.82, 2.24) is 0 Å². The Bertz CT molecular complexity index is 26.0. The number of hydrogen-bond acceptors (Lipinski definition) is 2. The van der Waals surface area contributed by atoms with E-state index in [1.165, 1.54) is 0 Å². The van der Waals surface area contributed by atoms with Crippen LogP contribution < -0.4 is 29.6 Å². The zero-order valence-electron chi connectivity index (χ0n) is 6.23. The standard InChI is InChI=1S/C4H10O2.Na.H/c1-5-3-4-6-2;;/h3-4H2,1-2H3;;/q;+1;-1. The predicted molar refractivity (Wildman–Crippen MR) is 24.9 cm³/mol. The third kappa shape index (κ3) is 10.9. The molecule has 0 saturated heterocycles. The molecule has 0 amide bonds. The maximum Gasteiger partial charge on any atom is 1.00 e. The fraction of sp³-hybridized carbons (Fsp3) is 1.00. The second kappa shape index (κ2) is 10.0. The minimum atomic E-state index is 0. The van der Waals surface area contributed by atoms with Gasteiger partial charge in [-0.1, -0.05) is 0 Å². The van der Waals surface area contributed by atoms with Crippen molar-refractivity contribution >= 4 is 0 Å². The Labute approximate surface area is 68.0 Å². The average Bonchev–Trinajstić information content (AvgIpc) is 1.61. The van der Waals surface area contributed by atoms with Crippen LogP contribution in [0.5, 0.6) is 0 Å². The van der Waals surface area contributed by atoms with E-state index >= 15 is 0 Å². The molecule has 0 rings (SSSR count). The van der Waals surface area contributed by atoms with Crippen molar-refractivity contribution in [3.63, 3.8) is 0 Å². The van der Waals surface area contributed by atoms with Gasteiger partial charge in [-0.3, -0.25) is 0 Å². The van der Waals surface area contributed by atoms with Gasteiger partial charge in [-0.05, 0) is 0 Å². The molecule has 0 radical (unpaired) electrons. The van der Waals surface area contributed by atoms with Crippen LogP contribution in [-0.4, -0.2) is 27.4 Å². The fourth-order valence-electron chi connectivity index (χ4n) is 0.167. The molecular formula is C4H11NaO2. The van der Waals surface area contributed by atoms with Gasteiger partial charge in [0, 0.05) is 14.2 Å². The Balaban J connectivity index is -0.000000125. The fourth-order valence-corrected chi connectivity index (χ4v) is 0.167. The summed E-state index contributed by atoms with van der Waals surface area (Å²) in [5.41, 5.74) is 0. The van der Waals surface area contributed by atoms with Crippen molar-refractivity contribution in [3.8, 4) is 0 Å². The molecule has 7 heavy (non-hydrogen) atoms. The van der Waals surface area contributed by atoms with Gasteiger partial charge in [-0.15, -0.1) is 0 Å². The van der Waals surface area contributed by atoms with E-state index in [0.29, 0.717) is 13.2 Å². The summed E-state index contributed by atoms with van der Waals surface area (Å²) in [7, 11) is 3.30. The van der Waals surface area contributed by atoms with Crippen LogP contribution in [0.25, 0.3) is 0 Å². The van der Waals surface area contributed by atoms with Gasteiger partial charge in [0.1, 0.15) is 0 Å². The zero-order valence-corrected chi connectivity index (χ0v) is 7.23. The van der Waals surface area contributed by atoms with E-state index in [4.69, 9.17) is 0 Å². The summed E-state index contributed by atoms with van der Waals surface area (Å²) in [5.74, 6) is 0. The van der Waals surface area contributed by atoms with Crippen LogP contribution in [0.2, 0.25) is 0 Å². The molecule has 0 aliphatic rings. The Morgan fingerprint density at radius 1 is 1.14 bits per heavy atom. The normalized spacial score (nSPS) is 7.71. The first kappa shape index (κ1) is 10.8. The van der Waals surface area contributed by atoms with E-state index in [9.17, 15) is 0 Å². The molecule has 0 aliphatic heterocycles. The van der Waals surface area contributed by atoms with Crippen molar-refractivity contribution in [3.05, 3.63) is 0 Å². The summed E-state index contributed by atoms with van der Waals surface area (Å²) in [6.45, 7) is 1.38. The molecular weight excluding hydrogens is 103 g/mol. The summed E-state index contributed by atoms with van der Waals surface area (Å²) in [6.07, 6.45) is 0. The quantitative estimate of drug-likeness (QED) is 0.296. The van der Waals surface area contributed by atoms with Gasteiger partial charge in [0.05, 0.1) is 13.2 Å². The van der Waals surface area contributed by atoms with Crippen LogP contribution in [0.4, 0.5) is 0 Å². The van der Waals surface area contributed by atoms with E-state index in [2.05, 4.69) is 9.47 Å². The van der Waals surface area contributed by atoms with Crippen molar-refractivity contribution in [2.24, 2.45) is 0 Å². The van der Waals surface area contributed by atoms with Crippen molar-refractivity contribution in [2.75, 3.05) is 27.4 Å². The summed E-state index contributed by atoms with van der Waals surface area (Å²) in [6, 6.07) is 0. The van der Waals surface area contributed by atoms with Crippen molar-refractivity contribution < 1.29 is 40.5 Å². The Morgan fingerprint density at radius 3 is 1.57 bits per heavy atom. The molecule has 0 saturated carbocycles. The van der Waals surface area contributed by atoms with Crippen LogP contribution in [0, 0.1) is 0 Å².